The average Bonchev–Trinajstić information content (AvgIpc) is 2.94. The van der Waals surface area contributed by atoms with Gasteiger partial charge in [0.2, 0.25) is 0 Å². The number of piperidine rings is 1. The highest BCUT2D eigenvalue weighted by Crippen LogP contribution is 2.37. The molecule has 1 amide bonds. The highest BCUT2D eigenvalue weighted by atomic mass is 16.4. The third-order valence-corrected chi connectivity index (χ3v) is 8.11. The lowest BCUT2D eigenvalue weighted by molar-refractivity contribution is -0.143. The van der Waals surface area contributed by atoms with Crippen LogP contribution in [0.5, 0.6) is 0 Å². The molecule has 2 atom stereocenters. The molecule has 0 aromatic heterocycles. The number of carbonyl (C=O) groups is 2. The van der Waals surface area contributed by atoms with Crippen LogP contribution >= 0.6 is 0 Å². The molecule has 1 saturated heterocycles. The van der Waals surface area contributed by atoms with Crippen molar-refractivity contribution in [2.24, 2.45) is 5.92 Å². The van der Waals surface area contributed by atoms with Crippen molar-refractivity contribution in [2.75, 3.05) is 19.6 Å². The Bertz CT molecular complexity index is 1170. The third kappa shape index (κ3) is 6.47. The van der Waals surface area contributed by atoms with E-state index in [4.69, 9.17) is 0 Å². The van der Waals surface area contributed by atoms with E-state index in [1.54, 1.807) is 0 Å². The van der Waals surface area contributed by atoms with Gasteiger partial charge in [-0.25, -0.2) is 0 Å². The standard InChI is InChI=1S/C32H38N2O3/c1-24(31(36)37)32(2,26-14-7-4-8-15-26)20-11-21-34-22-18-27(19-23-34)33-30(35)29-17-10-9-16-28(29)25-12-5-3-6-13-25/h3-10,12-17,24,27H,11,18-23H2,1-2H3,(H,33,35)(H,36,37). The second-order valence-corrected chi connectivity index (χ2v) is 10.4. The molecule has 5 heteroatoms. The molecular weight excluding hydrogens is 460 g/mol. The molecule has 4 rings (SSSR count). The van der Waals surface area contributed by atoms with Gasteiger partial charge < -0.3 is 15.3 Å². The predicted octanol–water partition coefficient (Wildman–Crippen LogP) is 6.01. The number of nitrogens with one attached hydrogen (secondary N) is 1. The quantitative estimate of drug-likeness (QED) is 0.359. The van der Waals surface area contributed by atoms with Gasteiger partial charge in [0, 0.05) is 30.1 Å². The van der Waals surface area contributed by atoms with E-state index in [0.29, 0.717) is 5.56 Å². The number of carboxylic acid groups (broad SMARTS) is 1. The van der Waals surface area contributed by atoms with Crippen LogP contribution in [0, 0.1) is 5.92 Å². The molecular formula is C32H38N2O3. The van der Waals surface area contributed by atoms with Crippen LogP contribution < -0.4 is 5.32 Å². The van der Waals surface area contributed by atoms with E-state index in [1.807, 2.05) is 91.9 Å². The molecule has 2 unspecified atom stereocenters. The van der Waals surface area contributed by atoms with Gasteiger partial charge in [-0.3, -0.25) is 9.59 Å². The molecule has 3 aromatic rings. The zero-order valence-corrected chi connectivity index (χ0v) is 21.9. The van der Waals surface area contributed by atoms with Gasteiger partial charge in [-0.2, -0.15) is 0 Å². The summed E-state index contributed by atoms with van der Waals surface area (Å²) in [5, 5.41) is 13.0. The van der Waals surface area contributed by atoms with Gasteiger partial charge in [0.1, 0.15) is 0 Å². The summed E-state index contributed by atoms with van der Waals surface area (Å²) in [7, 11) is 0. The van der Waals surface area contributed by atoms with Crippen LogP contribution in [0.25, 0.3) is 11.1 Å². The largest absolute Gasteiger partial charge is 0.481 e. The molecule has 2 N–H and O–H groups in total. The summed E-state index contributed by atoms with van der Waals surface area (Å²) in [5.74, 6) is -1.23. The maximum Gasteiger partial charge on any atom is 0.307 e. The van der Waals surface area contributed by atoms with Crippen molar-refractivity contribution < 1.29 is 14.7 Å². The fourth-order valence-corrected chi connectivity index (χ4v) is 5.49. The molecule has 1 aliphatic rings. The Hall–Kier alpha value is -3.44. The normalized spacial score (nSPS) is 17.0. The third-order valence-electron chi connectivity index (χ3n) is 8.11. The van der Waals surface area contributed by atoms with Crippen LogP contribution in [-0.2, 0) is 10.2 Å². The fraction of sp³-hybridized carbons (Fsp3) is 0.375. The van der Waals surface area contributed by atoms with Gasteiger partial charge in [-0.1, -0.05) is 92.7 Å². The highest BCUT2D eigenvalue weighted by Gasteiger charge is 2.37. The number of likely N-dealkylation sites (tertiary alicyclic amines) is 1. The molecule has 5 nitrogen and oxygen atoms in total. The molecule has 1 fully saturated rings. The van der Waals surface area contributed by atoms with Crippen molar-refractivity contribution in [2.45, 2.75) is 51.0 Å². The summed E-state index contributed by atoms with van der Waals surface area (Å²) in [6.45, 7) is 6.70. The minimum atomic E-state index is -0.753. The van der Waals surface area contributed by atoms with Gasteiger partial charge >= 0.3 is 5.97 Å². The van der Waals surface area contributed by atoms with Crippen LogP contribution in [0.2, 0.25) is 0 Å². The fourth-order valence-electron chi connectivity index (χ4n) is 5.49. The van der Waals surface area contributed by atoms with Crippen molar-refractivity contribution in [1.29, 1.82) is 0 Å². The molecule has 1 heterocycles. The number of carboxylic acids is 1. The summed E-state index contributed by atoms with van der Waals surface area (Å²) >= 11 is 0. The number of benzene rings is 3. The minimum absolute atomic E-state index is 0.0146. The topological polar surface area (TPSA) is 69.6 Å². The van der Waals surface area contributed by atoms with Gasteiger partial charge in [-0.05, 0) is 55.0 Å². The van der Waals surface area contributed by atoms with E-state index < -0.39 is 17.3 Å². The minimum Gasteiger partial charge on any atom is -0.481 e. The zero-order valence-electron chi connectivity index (χ0n) is 21.9. The first kappa shape index (κ1) is 26.6. The van der Waals surface area contributed by atoms with Gasteiger partial charge in [0.15, 0.2) is 0 Å². The van der Waals surface area contributed by atoms with Crippen molar-refractivity contribution >= 4 is 11.9 Å². The van der Waals surface area contributed by atoms with Gasteiger partial charge in [0.05, 0.1) is 5.92 Å². The monoisotopic (exact) mass is 498 g/mol. The summed E-state index contributed by atoms with van der Waals surface area (Å²) in [6, 6.07) is 28.0. The van der Waals surface area contributed by atoms with Gasteiger partial charge in [-0.15, -0.1) is 0 Å². The molecule has 37 heavy (non-hydrogen) atoms. The van der Waals surface area contributed by atoms with Crippen LogP contribution in [0.1, 0.15) is 55.5 Å². The van der Waals surface area contributed by atoms with Crippen LogP contribution in [0.15, 0.2) is 84.9 Å². The molecule has 1 aliphatic heterocycles. The number of hydrogen-bond acceptors (Lipinski definition) is 3. The van der Waals surface area contributed by atoms with Crippen LogP contribution in [0.3, 0.4) is 0 Å². The number of nitrogens with zero attached hydrogens (tertiary/aromatic N) is 1. The van der Waals surface area contributed by atoms with E-state index in [9.17, 15) is 14.7 Å². The first-order valence-corrected chi connectivity index (χ1v) is 13.3. The van der Waals surface area contributed by atoms with E-state index in [1.165, 1.54) is 0 Å². The molecule has 194 valence electrons. The Kier molecular flexibility index (Phi) is 8.78. The average molecular weight is 499 g/mol. The lowest BCUT2D eigenvalue weighted by Crippen LogP contribution is -2.45. The van der Waals surface area contributed by atoms with E-state index in [0.717, 1.165) is 62.0 Å². The van der Waals surface area contributed by atoms with E-state index >= 15 is 0 Å². The Morgan fingerprint density at radius 1 is 0.946 bits per heavy atom. The number of carbonyl (C=O) groups excluding carboxylic acids is 1. The summed E-state index contributed by atoms with van der Waals surface area (Å²) < 4.78 is 0. The number of aliphatic carboxylic acids is 1. The maximum absolute atomic E-state index is 13.2. The summed E-state index contributed by atoms with van der Waals surface area (Å²) in [6.07, 6.45) is 3.59. The van der Waals surface area contributed by atoms with Crippen molar-refractivity contribution in [3.05, 3.63) is 96.1 Å². The predicted molar refractivity (Wildman–Crippen MR) is 149 cm³/mol. The Morgan fingerprint density at radius 3 is 2.19 bits per heavy atom. The van der Waals surface area contributed by atoms with Crippen molar-refractivity contribution in [3.63, 3.8) is 0 Å². The first-order valence-electron chi connectivity index (χ1n) is 13.3. The first-order chi connectivity index (χ1) is 17.9. The molecule has 0 aliphatic carbocycles. The second kappa shape index (κ2) is 12.2. The Morgan fingerprint density at radius 2 is 1.54 bits per heavy atom. The van der Waals surface area contributed by atoms with E-state index in [-0.39, 0.29) is 11.9 Å². The molecule has 0 bridgehead atoms. The summed E-state index contributed by atoms with van der Waals surface area (Å²) in [4.78, 5) is 27.5. The smallest absolute Gasteiger partial charge is 0.307 e. The van der Waals surface area contributed by atoms with Crippen LogP contribution in [-0.4, -0.2) is 47.6 Å². The van der Waals surface area contributed by atoms with Crippen LogP contribution in [0.4, 0.5) is 0 Å². The molecule has 0 radical (unpaired) electrons. The number of rotatable bonds is 10. The summed E-state index contributed by atoms with van der Waals surface area (Å²) in [5.41, 5.74) is 3.38. The highest BCUT2D eigenvalue weighted by molar-refractivity contribution is 6.01. The lowest BCUT2D eigenvalue weighted by atomic mass is 9.69. The lowest BCUT2D eigenvalue weighted by Gasteiger charge is -2.36. The molecule has 0 spiro atoms. The number of amides is 1. The SMILES string of the molecule is CC(C(=O)O)C(C)(CCCN1CCC(NC(=O)c2ccccc2-c2ccccc2)CC1)c1ccccc1. The Balaban J connectivity index is 1.29. The Labute approximate surface area is 220 Å². The zero-order chi connectivity index (χ0) is 26.3. The molecule has 3 aromatic carbocycles. The second-order valence-electron chi connectivity index (χ2n) is 10.4. The molecule has 0 saturated carbocycles. The van der Waals surface area contributed by atoms with Gasteiger partial charge in [0.25, 0.3) is 5.91 Å². The van der Waals surface area contributed by atoms with Crippen molar-refractivity contribution in [3.8, 4) is 11.1 Å². The number of hydrogen-bond donors (Lipinski definition) is 2. The maximum atomic E-state index is 13.2. The van der Waals surface area contributed by atoms with E-state index in [2.05, 4.69) is 17.1 Å². The van der Waals surface area contributed by atoms with Crippen molar-refractivity contribution in [1.82, 2.24) is 10.2 Å².